The van der Waals surface area contributed by atoms with E-state index in [1.165, 1.54) is 11.1 Å². The standard InChI is InChI=1S/C18H24N2OS/c1-11(2)15-7-6-8-16(12(3)4)18(15)20-17(21)9-14-10-22-13(5)19-14/h6-8,10-12H,9H2,1-5H3,(H,20,21). The molecule has 0 fully saturated rings. The third-order valence-electron chi connectivity index (χ3n) is 3.65. The zero-order valence-electron chi connectivity index (χ0n) is 13.9. The van der Waals surface area contributed by atoms with E-state index in [0.29, 0.717) is 18.3 Å². The highest BCUT2D eigenvalue weighted by Gasteiger charge is 2.16. The molecule has 0 aliphatic carbocycles. The molecule has 0 aliphatic heterocycles. The monoisotopic (exact) mass is 316 g/mol. The normalized spacial score (nSPS) is 11.2. The number of benzene rings is 1. The number of amides is 1. The lowest BCUT2D eigenvalue weighted by Crippen LogP contribution is -2.18. The molecule has 0 atom stereocenters. The molecule has 0 saturated heterocycles. The van der Waals surface area contributed by atoms with E-state index in [2.05, 4.69) is 56.2 Å². The van der Waals surface area contributed by atoms with E-state index >= 15 is 0 Å². The Balaban J connectivity index is 2.25. The van der Waals surface area contributed by atoms with E-state index in [0.717, 1.165) is 16.4 Å². The van der Waals surface area contributed by atoms with Crippen molar-refractivity contribution in [2.75, 3.05) is 5.32 Å². The van der Waals surface area contributed by atoms with Crippen LogP contribution in [0, 0.1) is 6.92 Å². The van der Waals surface area contributed by atoms with Crippen molar-refractivity contribution >= 4 is 22.9 Å². The first-order chi connectivity index (χ1) is 10.4. The first kappa shape index (κ1) is 16.7. The summed E-state index contributed by atoms with van der Waals surface area (Å²) in [5, 5.41) is 6.07. The van der Waals surface area contributed by atoms with Gasteiger partial charge in [0.05, 0.1) is 17.1 Å². The van der Waals surface area contributed by atoms with Gasteiger partial charge in [0.15, 0.2) is 0 Å². The number of nitrogens with one attached hydrogen (secondary N) is 1. The van der Waals surface area contributed by atoms with Gasteiger partial charge in [-0.15, -0.1) is 11.3 Å². The Morgan fingerprint density at radius 3 is 2.23 bits per heavy atom. The second kappa shape index (κ2) is 7.05. The summed E-state index contributed by atoms with van der Waals surface area (Å²) in [5.41, 5.74) is 4.19. The maximum atomic E-state index is 12.4. The summed E-state index contributed by atoms with van der Waals surface area (Å²) in [5.74, 6) is 0.742. The number of rotatable bonds is 5. The van der Waals surface area contributed by atoms with Gasteiger partial charge in [-0.2, -0.15) is 0 Å². The summed E-state index contributed by atoms with van der Waals surface area (Å²) in [7, 11) is 0. The number of carbonyl (C=O) groups is 1. The number of nitrogens with zero attached hydrogens (tertiary/aromatic N) is 1. The second-order valence-corrected chi connectivity index (χ2v) is 7.27. The Hall–Kier alpha value is -1.68. The van der Waals surface area contributed by atoms with Crippen molar-refractivity contribution in [3.63, 3.8) is 0 Å². The summed E-state index contributed by atoms with van der Waals surface area (Å²) in [4.78, 5) is 16.8. The number of carbonyl (C=O) groups excluding carboxylic acids is 1. The minimum Gasteiger partial charge on any atom is -0.325 e. The van der Waals surface area contributed by atoms with Crippen LogP contribution >= 0.6 is 11.3 Å². The fourth-order valence-electron chi connectivity index (χ4n) is 2.53. The van der Waals surface area contributed by atoms with E-state index < -0.39 is 0 Å². The van der Waals surface area contributed by atoms with Crippen LogP contribution in [0.1, 0.15) is 61.4 Å². The minimum atomic E-state index is 0.000278. The molecule has 1 heterocycles. The summed E-state index contributed by atoms with van der Waals surface area (Å²) < 4.78 is 0. The average Bonchev–Trinajstić information content (AvgIpc) is 2.83. The molecule has 22 heavy (non-hydrogen) atoms. The Kier molecular flexibility index (Phi) is 5.35. The Bertz CT molecular complexity index is 633. The predicted octanol–water partition coefficient (Wildman–Crippen LogP) is 4.88. The van der Waals surface area contributed by atoms with Gasteiger partial charge >= 0.3 is 0 Å². The van der Waals surface area contributed by atoms with E-state index in [1.54, 1.807) is 11.3 Å². The van der Waals surface area contributed by atoms with Gasteiger partial charge in [0.25, 0.3) is 0 Å². The maximum Gasteiger partial charge on any atom is 0.230 e. The summed E-state index contributed by atoms with van der Waals surface area (Å²) in [6.45, 7) is 10.6. The molecule has 0 unspecified atom stereocenters. The van der Waals surface area contributed by atoms with E-state index in [9.17, 15) is 4.79 Å². The van der Waals surface area contributed by atoms with Crippen LogP contribution < -0.4 is 5.32 Å². The molecular weight excluding hydrogens is 292 g/mol. The fraction of sp³-hybridized carbons (Fsp3) is 0.444. The lowest BCUT2D eigenvalue weighted by molar-refractivity contribution is -0.115. The lowest BCUT2D eigenvalue weighted by atomic mass is 9.92. The van der Waals surface area contributed by atoms with Crippen LogP contribution in [0.5, 0.6) is 0 Å². The molecule has 4 heteroatoms. The summed E-state index contributed by atoms with van der Waals surface area (Å²) in [6.07, 6.45) is 0.328. The molecular formula is C18H24N2OS. The lowest BCUT2D eigenvalue weighted by Gasteiger charge is -2.20. The number of thiazole rings is 1. The molecule has 0 aliphatic rings. The van der Waals surface area contributed by atoms with Crippen molar-refractivity contribution in [3.05, 3.63) is 45.4 Å². The van der Waals surface area contributed by atoms with Crippen molar-refractivity contribution in [1.82, 2.24) is 4.98 Å². The SMILES string of the molecule is Cc1nc(CC(=O)Nc2c(C(C)C)cccc2C(C)C)cs1. The smallest absolute Gasteiger partial charge is 0.230 e. The van der Waals surface area contributed by atoms with E-state index in [-0.39, 0.29) is 5.91 Å². The molecule has 2 rings (SSSR count). The molecule has 0 saturated carbocycles. The molecule has 0 radical (unpaired) electrons. The van der Waals surface area contributed by atoms with Crippen LogP contribution in [0.25, 0.3) is 0 Å². The van der Waals surface area contributed by atoms with Gasteiger partial charge in [-0.05, 0) is 29.9 Å². The molecule has 3 nitrogen and oxygen atoms in total. The molecule has 0 spiro atoms. The van der Waals surface area contributed by atoms with Gasteiger partial charge in [-0.25, -0.2) is 4.98 Å². The zero-order chi connectivity index (χ0) is 16.3. The second-order valence-electron chi connectivity index (χ2n) is 6.20. The molecule has 0 bridgehead atoms. The first-order valence-corrected chi connectivity index (χ1v) is 8.60. The van der Waals surface area contributed by atoms with Crippen molar-refractivity contribution in [1.29, 1.82) is 0 Å². The van der Waals surface area contributed by atoms with Crippen LogP contribution in [0.15, 0.2) is 23.6 Å². The van der Waals surface area contributed by atoms with E-state index in [4.69, 9.17) is 0 Å². The predicted molar refractivity (Wildman–Crippen MR) is 93.8 cm³/mol. The van der Waals surface area contributed by atoms with Gasteiger partial charge in [0.1, 0.15) is 0 Å². The highest BCUT2D eigenvalue weighted by molar-refractivity contribution is 7.09. The first-order valence-electron chi connectivity index (χ1n) is 7.72. The molecule has 2 aromatic rings. The number of para-hydroxylation sites is 1. The Morgan fingerprint density at radius 2 is 1.77 bits per heavy atom. The number of hydrogen-bond donors (Lipinski definition) is 1. The van der Waals surface area contributed by atoms with Crippen LogP contribution in [-0.2, 0) is 11.2 Å². The highest BCUT2D eigenvalue weighted by Crippen LogP contribution is 2.32. The molecule has 118 valence electrons. The van der Waals surface area contributed by atoms with Crippen molar-refractivity contribution in [2.24, 2.45) is 0 Å². The minimum absolute atomic E-state index is 0.000278. The number of anilines is 1. The van der Waals surface area contributed by atoms with Gasteiger partial charge in [-0.3, -0.25) is 4.79 Å². The molecule has 1 N–H and O–H groups in total. The number of aryl methyl sites for hydroxylation is 1. The molecule has 1 aromatic carbocycles. The van der Waals surface area contributed by atoms with E-state index in [1.807, 2.05) is 12.3 Å². The maximum absolute atomic E-state index is 12.4. The van der Waals surface area contributed by atoms with Crippen LogP contribution in [-0.4, -0.2) is 10.9 Å². The van der Waals surface area contributed by atoms with Gasteiger partial charge in [0.2, 0.25) is 5.91 Å². The van der Waals surface area contributed by atoms with Crippen molar-refractivity contribution in [2.45, 2.75) is 52.9 Å². The zero-order valence-corrected chi connectivity index (χ0v) is 14.8. The average molecular weight is 316 g/mol. The van der Waals surface area contributed by atoms with Gasteiger partial charge < -0.3 is 5.32 Å². The van der Waals surface area contributed by atoms with Crippen LogP contribution in [0.3, 0.4) is 0 Å². The fourth-order valence-corrected chi connectivity index (χ4v) is 3.15. The Morgan fingerprint density at radius 1 is 1.18 bits per heavy atom. The summed E-state index contributed by atoms with van der Waals surface area (Å²) in [6, 6.07) is 6.27. The van der Waals surface area contributed by atoms with Crippen LogP contribution in [0.4, 0.5) is 5.69 Å². The number of aromatic nitrogens is 1. The van der Waals surface area contributed by atoms with Crippen molar-refractivity contribution < 1.29 is 4.79 Å². The van der Waals surface area contributed by atoms with Crippen molar-refractivity contribution in [3.8, 4) is 0 Å². The van der Waals surface area contributed by atoms with Crippen LogP contribution in [0.2, 0.25) is 0 Å². The third-order valence-corrected chi connectivity index (χ3v) is 4.47. The largest absolute Gasteiger partial charge is 0.325 e. The van der Waals surface area contributed by atoms with Gasteiger partial charge in [-0.1, -0.05) is 45.9 Å². The molecule has 1 amide bonds. The third kappa shape index (κ3) is 3.95. The Labute approximate surface area is 136 Å². The topological polar surface area (TPSA) is 42.0 Å². The molecule has 1 aromatic heterocycles. The quantitative estimate of drug-likeness (QED) is 0.854. The van der Waals surface area contributed by atoms with Gasteiger partial charge in [0, 0.05) is 11.1 Å². The number of hydrogen-bond acceptors (Lipinski definition) is 3. The summed E-state index contributed by atoms with van der Waals surface area (Å²) >= 11 is 1.58. The highest BCUT2D eigenvalue weighted by atomic mass is 32.1.